The molecule has 18 heavy (non-hydrogen) atoms. The molecule has 1 saturated heterocycles. The third-order valence-electron chi connectivity index (χ3n) is 3.92. The Morgan fingerprint density at radius 2 is 2.22 bits per heavy atom. The van der Waals surface area contributed by atoms with Crippen molar-refractivity contribution in [3.8, 4) is 0 Å². The molecule has 104 valence electrons. The molecule has 2 rings (SSSR count). The van der Waals surface area contributed by atoms with Crippen LogP contribution in [0.3, 0.4) is 0 Å². The van der Waals surface area contributed by atoms with Crippen molar-refractivity contribution in [3.63, 3.8) is 0 Å². The number of rotatable bonds is 4. The number of aliphatic hydroxyl groups is 1. The molecule has 0 aromatic rings. The van der Waals surface area contributed by atoms with Crippen LogP contribution in [-0.2, 0) is 9.53 Å². The quantitative estimate of drug-likeness (QED) is 0.664. The number of carbonyl (C=O) groups excluding carboxylic acids is 1. The number of nitrogens with one attached hydrogen (secondary N) is 2. The first-order valence-corrected chi connectivity index (χ1v) is 7.01. The van der Waals surface area contributed by atoms with Gasteiger partial charge in [0.1, 0.15) is 0 Å². The second-order valence-electron chi connectivity index (χ2n) is 5.33. The Bertz CT molecular complexity index is 267. The zero-order valence-electron chi connectivity index (χ0n) is 10.9. The van der Waals surface area contributed by atoms with Crippen molar-refractivity contribution in [2.75, 3.05) is 26.4 Å². The van der Waals surface area contributed by atoms with E-state index < -0.39 is 0 Å². The summed E-state index contributed by atoms with van der Waals surface area (Å²) < 4.78 is 5.33. The summed E-state index contributed by atoms with van der Waals surface area (Å²) in [6.07, 6.45) is 4.79. The predicted octanol–water partition coefficient (Wildman–Crippen LogP) is 0.0322. The molecule has 1 amide bonds. The van der Waals surface area contributed by atoms with Crippen molar-refractivity contribution in [2.45, 2.75) is 44.2 Å². The van der Waals surface area contributed by atoms with Gasteiger partial charge in [-0.15, -0.1) is 0 Å². The molecular formula is C13H24N2O3. The first-order chi connectivity index (χ1) is 8.79. The molecule has 2 fully saturated rings. The maximum atomic E-state index is 12.0. The lowest BCUT2D eigenvalue weighted by Crippen LogP contribution is -2.48. The number of aliphatic hydroxyl groups excluding tert-OH is 1. The van der Waals surface area contributed by atoms with E-state index in [1.807, 2.05) is 0 Å². The smallest absolute Gasteiger partial charge is 0.221 e. The van der Waals surface area contributed by atoms with Crippen LogP contribution >= 0.6 is 0 Å². The minimum atomic E-state index is 0.0725. The molecule has 0 spiro atoms. The van der Waals surface area contributed by atoms with E-state index in [0.29, 0.717) is 13.0 Å². The summed E-state index contributed by atoms with van der Waals surface area (Å²) in [6.45, 7) is 2.34. The van der Waals surface area contributed by atoms with E-state index in [9.17, 15) is 9.90 Å². The maximum Gasteiger partial charge on any atom is 0.221 e. The summed E-state index contributed by atoms with van der Waals surface area (Å²) in [5, 5.41) is 15.7. The monoisotopic (exact) mass is 256 g/mol. The van der Waals surface area contributed by atoms with Gasteiger partial charge in [0.15, 0.2) is 0 Å². The molecule has 3 N–H and O–H groups in total. The van der Waals surface area contributed by atoms with Crippen LogP contribution < -0.4 is 10.6 Å². The lowest BCUT2D eigenvalue weighted by Gasteiger charge is -2.31. The van der Waals surface area contributed by atoms with Gasteiger partial charge >= 0.3 is 0 Å². The largest absolute Gasteiger partial charge is 0.396 e. The van der Waals surface area contributed by atoms with Gasteiger partial charge in [0, 0.05) is 37.6 Å². The number of morpholine rings is 1. The van der Waals surface area contributed by atoms with Crippen LogP contribution in [-0.4, -0.2) is 49.5 Å². The van der Waals surface area contributed by atoms with Crippen molar-refractivity contribution in [1.29, 1.82) is 0 Å². The molecule has 5 nitrogen and oxygen atoms in total. The fourth-order valence-electron chi connectivity index (χ4n) is 2.86. The molecule has 1 saturated carbocycles. The van der Waals surface area contributed by atoms with Crippen molar-refractivity contribution >= 4 is 5.91 Å². The van der Waals surface area contributed by atoms with Gasteiger partial charge in [-0.05, 0) is 12.8 Å². The van der Waals surface area contributed by atoms with E-state index >= 15 is 0 Å². The van der Waals surface area contributed by atoms with Gasteiger partial charge in [0.2, 0.25) is 5.91 Å². The topological polar surface area (TPSA) is 70.6 Å². The second kappa shape index (κ2) is 7.07. The molecule has 0 aromatic heterocycles. The highest BCUT2D eigenvalue weighted by Gasteiger charge is 2.26. The number of hydrogen-bond acceptors (Lipinski definition) is 4. The van der Waals surface area contributed by atoms with Crippen LogP contribution in [0.25, 0.3) is 0 Å². The van der Waals surface area contributed by atoms with Crippen molar-refractivity contribution < 1.29 is 14.6 Å². The zero-order valence-corrected chi connectivity index (χ0v) is 10.9. The number of amides is 1. The Morgan fingerprint density at radius 3 is 2.94 bits per heavy atom. The first-order valence-electron chi connectivity index (χ1n) is 7.01. The Labute approximate surface area is 108 Å². The SMILES string of the molecule is O=C(CC1COCCN1)NC1CCCCC1CO. The van der Waals surface area contributed by atoms with Crippen molar-refractivity contribution in [2.24, 2.45) is 5.92 Å². The molecule has 0 aromatic carbocycles. The highest BCUT2D eigenvalue weighted by Crippen LogP contribution is 2.24. The Balaban J connectivity index is 1.75. The number of ether oxygens (including phenoxy) is 1. The van der Waals surface area contributed by atoms with E-state index in [1.165, 1.54) is 0 Å². The summed E-state index contributed by atoms with van der Waals surface area (Å²) in [7, 11) is 0. The van der Waals surface area contributed by atoms with Gasteiger partial charge < -0.3 is 20.5 Å². The van der Waals surface area contributed by atoms with E-state index in [1.54, 1.807) is 0 Å². The Kier molecular flexibility index (Phi) is 5.41. The summed E-state index contributed by atoms with van der Waals surface area (Å²) >= 11 is 0. The molecule has 0 radical (unpaired) electrons. The Hall–Kier alpha value is -0.650. The van der Waals surface area contributed by atoms with Gasteiger partial charge in [-0.25, -0.2) is 0 Å². The Morgan fingerprint density at radius 1 is 1.39 bits per heavy atom. The lowest BCUT2D eigenvalue weighted by atomic mass is 9.85. The van der Waals surface area contributed by atoms with Crippen LogP contribution in [0.5, 0.6) is 0 Å². The molecule has 2 aliphatic rings. The third kappa shape index (κ3) is 3.93. The van der Waals surface area contributed by atoms with Gasteiger partial charge in [-0.2, -0.15) is 0 Å². The molecular weight excluding hydrogens is 232 g/mol. The van der Waals surface area contributed by atoms with E-state index in [0.717, 1.165) is 38.8 Å². The van der Waals surface area contributed by atoms with Crippen LogP contribution in [0, 0.1) is 5.92 Å². The summed E-state index contributed by atoms with van der Waals surface area (Å²) in [6, 6.07) is 0.288. The van der Waals surface area contributed by atoms with Crippen LogP contribution in [0.1, 0.15) is 32.1 Å². The molecule has 0 bridgehead atoms. The first kappa shape index (κ1) is 13.8. The standard InChI is InChI=1S/C13H24N2O3/c16-8-10-3-1-2-4-12(10)15-13(17)7-11-9-18-6-5-14-11/h10-12,14,16H,1-9H2,(H,15,17). The van der Waals surface area contributed by atoms with Gasteiger partial charge in [-0.1, -0.05) is 12.8 Å². The number of hydrogen-bond donors (Lipinski definition) is 3. The fourth-order valence-corrected chi connectivity index (χ4v) is 2.86. The van der Waals surface area contributed by atoms with Gasteiger partial charge in [0.25, 0.3) is 0 Å². The highest BCUT2D eigenvalue weighted by molar-refractivity contribution is 5.77. The van der Waals surface area contributed by atoms with Crippen LogP contribution in [0.4, 0.5) is 0 Å². The van der Waals surface area contributed by atoms with E-state index in [2.05, 4.69) is 10.6 Å². The summed E-state index contributed by atoms with van der Waals surface area (Å²) in [5.74, 6) is 0.307. The second-order valence-corrected chi connectivity index (χ2v) is 5.33. The maximum absolute atomic E-state index is 12.0. The van der Waals surface area contributed by atoms with Gasteiger partial charge in [-0.3, -0.25) is 4.79 Å². The predicted molar refractivity (Wildman–Crippen MR) is 68.2 cm³/mol. The van der Waals surface area contributed by atoms with Crippen molar-refractivity contribution in [1.82, 2.24) is 10.6 Å². The summed E-state index contributed by atoms with van der Waals surface area (Å²) in [5.41, 5.74) is 0. The zero-order chi connectivity index (χ0) is 12.8. The van der Waals surface area contributed by atoms with E-state index in [-0.39, 0.29) is 30.5 Å². The average molecular weight is 256 g/mol. The number of carbonyl (C=O) groups is 1. The van der Waals surface area contributed by atoms with Crippen LogP contribution in [0.15, 0.2) is 0 Å². The fraction of sp³-hybridized carbons (Fsp3) is 0.923. The molecule has 1 aliphatic carbocycles. The average Bonchev–Trinajstić information content (AvgIpc) is 2.40. The molecule has 1 aliphatic heterocycles. The highest BCUT2D eigenvalue weighted by atomic mass is 16.5. The van der Waals surface area contributed by atoms with E-state index in [4.69, 9.17) is 4.74 Å². The lowest BCUT2D eigenvalue weighted by molar-refractivity contribution is -0.123. The minimum absolute atomic E-state index is 0.0725. The molecule has 3 unspecified atom stereocenters. The molecule has 5 heteroatoms. The van der Waals surface area contributed by atoms with Crippen molar-refractivity contribution in [3.05, 3.63) is 0 Å². The minimum Gasteiger partial charge on any atom is -0.396 e. The van der Waals surface area contributed by atoms with Gasteiger partial charge in [0.05, 0.1) is 13.2 Å². The van der Waals surface area contributed by atoms with Crippen LogP contribution in [0.2, 0.25) is 0 Å². The molecule has 1 heterocycles. The normalized spacial score (nSPS) is 33.1. The molecule has 3 atom stereocenters. The summed E-state index contributed by atoms with van der Waals surface area (Å²) in [4.78, 5) is 12.0. The third-order valence-corrected chi connectivity index (χ3v) is 3.92.